The molecular formula is C15H31N3O2S2. The van der Waals surface area contributed by atoms with Crippen LogP contribution in [0.4, 0.5) is 4.79 Å². The lowest BCUT2D eigenvalue weighted by atomic mass is 10.3. The number of hydrogen-bond donors (Lipinski definition) is 1. The number of hydrogen-bond acceptors (Lipinski definition) is 5. The number of amides is 2. The molecular weight excluding hydrogens is 318 g/mol. The average molecular weight is 350 g/mol. The number of carbonyl (C=O) groups excluding carboxylic acids is 1. The highest BCUT2D eigenvalue weighted by atomic mass is 32.2. The minimum Gasteiger partial charge on any atom is -0.462 e. The van der Waals surface area contributed by atoms with Gasteiger partial charge in [0, 0.05) is 16.5 Å². The molecule has 1 atom stereocenters. The number of amidine groups is 1. The van der Waals surface area contributed by atoms with Crippen molar-refractivity contribution in [2.75, 3.05) is 0 Å². The fourth-order valence-electron chi connectivity index (χ4n) is 1.24. The SMILES string of the molecule is CCC(C)OC(=NC(C)C)NC(=O)N(SC(C)C)SC(C)C. The van der Waals surface area contributed by atoms with Crippen LogP contribution in [0.25, 0.3) is 0 Å². The molecule has 0 fully saturated rings. The summed E-state index contributed by atoms with van der Waals surface area (Å²) in [7, 11) is 0. The van der Waals surface area contributed by atoms with E-state index in [-0.39, 0.29) is 18.2 Å². The van der Waals surface area contributed by atoms with Crippen molar-refractivity contribution in [3.8, 4) is 0 Å². The molecule has 0 heterocycles. The van der Waals surface area contributed by atoms with E-state index in [0.717, 1.165) is 6.42 Å². The molecule has 0 aromatic heterocycles. The molecule has 0 rings (SSSR count). The van der Waals surface area contributed by atoms with Crippen LogP contribution in [0.5, 0.6) is 0 Å². The molecule has 0 aromatic carbocycles. The van der Waals surface area contributed by atoms with E-state index < -0.39 is 0 Å². The van der Waals surface area contributed by atoms with Crippen LogP contribution < -0.4 is 5.32 Å². The predicted molar refractivity (Wildman–Crippen MR) is 99.2 cm³/mol. The Kier molecular flexibility index (Phi) is 10.8. The van der Waals surface area contributed by atoms with Crippen LogP contribution in [0, 0.1) is 0 Å². The molecule has 130 valence electrons. The first-order valence-corrected chi connectivity index (χ1v) is 9.52. The Labute approximate surface area is 144 Å². The van der Waals surface area contributed by atoms with Crippen LogP contribution in [0.15, 0.2) is 4.99 Å². The maximum Gasteiger partial charge on any atom is 0.345 e. The quantitative estimate of drug-likeness (QED) is 0.411. The summed E-state index contributed by atoms with van der Waals surface area (Å²) < 4.78 is 7.39. The number of nitrogens with one attached hydrogen (secondary N) is 1. The van der Waals surface area contributed by atoms with Gasteiger partial charge >= 0.3 is 6.03 Å². The van der Waals surface area contributed by atoms with Crippen molar-refractivity contribution in [3.63, 3.8) is 0 Å². The lowest BCUT2D eigenvalue weighted by molar-refractivity contribution is 0.189. The minimum absolute atomic E-state index is 0.0155. The van der Waals surface area contributed by atoms with Crippen LogP contribution in [-0.4, -0.2) is 38.4 Å². The summed E-state index contributed by atoms with van der Waals surface area (Å²) in [6, 6.07) is 0.150. The van der Waals surface area contributed by atoms with E-state index in [0.29, 0.717) is 16.5 Å². The van der Waals surface area contributed by atoms with Gasteiger partial charge in [-0.3, -0.25) is 5.32 Å². The van der Waals surface area contributed by atoms with Gasteiger partial charge in [-0.15, -0.1) is 0 Å². The molecule has 0 aliphatic carbocycles. The number of rotatable bonds is 7. The number of carbonyl (C=O) groups is 1. The summed E-state index contributed by atoms with van der Waals surface area (Å²) in [5.41, 5.74) is 0. The lowest BCUT2D eigenvalue weighted by Crippen LogP contribution is -2.40. The molecule has 0 saturated heterocycles. The number of nitrogens with zero attached hydrogens (tertiary/aromatic N) is 2. The van der Waals surface area contributed by atoms with Gasteiger partial charge in [-0.2, -0.15) is 0 Å². The molecule has 22 heavy (non-hydrogen) atoms. The van der Waals surface area contributed by atoms with Crippen molar-refractivity contribution in [2.24, 2.45) is 4.99 Å². The Morgan fingerprint density at radius 3 is 1.95 bits per heavy atom. The fourth-order valence-corrected chi connectivity index (χ4v) is 3.52. The van der Waals surface area contributed by atoms with Gasteiger partial charge in [0.15, 0.2) is 0 Å². The highest BCUT2D eigenvalue weighted by Gasteiger charge is 2.21. The van der Waals surface area contributed by atoms with Crippen molar-refractivity contribution < 1.29 is 9.53 Å². The molecule has 0 spiro atoms. The minimum atomic E-state index is -0.208. The molecule has 0 radical (unpaired) electrons. The second-order valence-corrected chi connectivity index (χ2v) is 9.13. The van der Waals surface area contributed by atoms with Gasteiger partial charge in [0.1, 0.15) is 0 Å². The van der Waals surface area contributed by atoms with Crippen molar-refractivity contribution in [3.05, 3.63) is 0 Å². The van der Waals surface area contributed by atoms with Crippen molar-refractivity contribution >= 4 is 35.9 Å². The van der Waals surface area contributed by atoms with Crippen LogP contribution in [-0.2, 0) is 4.74 Å². The van der Waals surface area contributed by atoms with E-state index in [2.05, 4.69) is 38.0 Å². The maximum absolute atomic E-state index is 12.5. The van der Waals surface area contributed by atoms with Gasteiger partial charge in [0.25, 0.3) is 6.02 Å². The molecule has 0 aromatic rings. The zero-order valence-corrected chi connectivity index (χ0v) is 16.7. The van der Waals surface area contributed by atoms with Gasteiger partial charge in [0.2, 0.25) is 0 Å². The van der Waals surface area contributed by atoms with E-state index >= 15 is 0 Å². The first-order valence-electron chi connectivity index (χ1n) is 7.84. The second-order valence-electron chi connectivity index (χ2n) is 5.86. The van der Waals surface area contributed by atoms with Gasteiger partial charge in [0.05, 0.1) is 6.10 Å². The third-order valence-corrected chi connectivity index (χ3v) is 4.33. The summed E-state index contributed by atoms with van der Waals surface area (Å²) in [5.74, 6) is 0. The molecule has 5 nitrogen and oxygen atoms in total. The van der Waals surface area contributed by atoms with Crippen molar-refractivity contribution in [1.82, 2.24) is 9.03 Å². The number of aliphatic imine (C=N–C) groups is 1. The van der Waals surface area contributed by atoms with Gasteiger partial charge in [-0.1, -0.05) is 34.6 Å². The van der Waals surface area contributed by atoms with Crippen LogP contribution >= 0.6 is 23.9 Å². The molecule has 2 amide bonds. The topological polar surface area (TPSA) is 53.9 Å². The van der Waals surface area contributed by atoms with Crippen molar-refractivity contribution in [1.29, 1.82) is 0 Å². The molecule has 0 bridgehead atoms. The predicted octanol–water partition coefficient (Wildman–Crippen LogP) is 4.69. The fraction of sp³-hybridized carbons (Fsp3) is 0.867. The summed E-state index contributed by atoms with van der Waals surface area (Å²) in [4.78, 5) is 16.9. The molecule has 0 aliphatic rings. The van der Waals surface area contributed by atoms with Gasteiger partial charge in [-0.05, 0) is 51.1 Å². The summed E-state index contributed by atoms with van der Waals surface area (Å²) in [6.45, 7) is 16.1. The van der Waals surface area contributed by atoms with Gasteiger partial charge < -0.3 is 4.74 Å². The Hall–Kier alpha value is -0.560. The number of urea groups is 1. The zero-order chi connectivity index (χ0) is 17.3. The third-order valence-electron chi connectivity index (χ3n) is 2.26. The molecule has 1 unspecified atom stereocenters. The Bertz CT molecular complexity index is 351. The summed E-state index contributed by atoms with van der Waals surface area (Å²) in [6.07, 6.45) is 0.875. The smallest absolute Gasteiger partial charge is 0.345 e. The highest BCUT2D eigenvalue weighted by molar-refractivity contribution is 8.13. The van der Waals surface area contributed by atoms with Gasteiger partial charge in [-0.25, -0.2) is 13.5 Å². The highest BCUT2D eigenvalue weighted by Crippen LogP contribution is 2.28. The molecule has 1 N–H and O–H groups in total. The average Bonchev–Trinajstić information content (AvgIpc) is 2.35. The van der Waals surface area contributed by atoms with Crippen LogP contribution in [0.3, 0.4) is 0 Å². The van der Waals surface area contributed by atoms with Crippen LogP contribution in [0.2, 0.25) is 0 Å². The van der Waals surface area contributed by atoms with E-state index in [4.69, 9.17) is 4.74 Å². The standard InChI is InChI=1S/C15H31N3O2S2/c1-9-13(8)20-14(16-10(2)3)17-15(19)18(21-11(4)5)22-12(6)7/h10-13H,9H2,1-8H3,(H,16,17,19). The molecule has 7 heteroatoms. The number of ether oxygens (including phenoxy) is 1. The largest absolute Gasteiger partial charge is 0.462 e. The Morgan fingerprint density at radius 1 is 1.09 bits per heavy atom. The summed E-state index contributed by atoms with van der Waals surface area (Å²) in [5, 5.41) is 3.43. The lowest BCUT2D eigenvalue weighted by Gasteiger charge is -2.24. The first kappa shape index (κ1) is 21.4. The molecule has 0 saturated carbocycles. The van der Waals surface area contributed by atoms with E-state index in [1.807, 2.05) is 27.7 Å². The van der Waals surface area contributed by atoms with E-state index in [9.17, 15) is 4.79 Å². The van der Waals surface area contributed by atoms with Crippen molar-refractivity contribution in [2.45, 2.75) is 84.5 Å². The molecule has 0 aliphatic heterocycles. The second kappa shape index (κ2) is 11.0. The Balaban J connectivity index is 4.94. The summed E-state index contributed by atoms with van der Waals surface area (Å²) >= 11 is 2.99. The first-order chi connectivity index (χ1) is 10.1. The third kappa shape index (κ3) is 10.2. The van der Waals surface area contributed by atoms with E-state index in [1.54, 1.807) is 3.71 Å². The Morgan fingerprint density at radius 2 is 1.59 bits per heavy atom. The maximum atomic E-state index is 12.5. The monoisotopic (exact) mass is 349 g/mol. The zero-order valence-electron chi connectivity index (χ0n) is 15.0. The van der Waals surface area contributed by atoms with E-state index in [1.165, 1.54) is 23.9 Å². The normalized spacial score (nSPS) is 13.7. The van der Waals surface area contributed by atoms with Crippen LogP contribution in [0.1, 0.15) is 61.8 Å².